The molecule has 0 fully saturated rings. The Morgan fingerprint density at radius 3 is 2.57 bits per heavy atom. The molecule has 1 unspecified atom stereocenters. The first-order valence-corrected chi connectivity index (χ1v) is 4.21. The molecule has 0 aliphatic carbocycles. The second-order valence-electron chi connectivity index (χ2n) is 2.80. The van der Waals surface area contributed by atoms with E-state index in [1.807, 2.05) is 0 Å². The fraction of sp³-hybridized carbons (Fsp3) is 0.750. The van der Waals surface area contributed by atoms with Gasteiger partial charge < -0.3 is 20.3 Å². The summed E-state index contributed by atoms with van der Waals surface area (Å²) < 4.78 is 4.79. The molecule has 1 atom stereocenters. The highest BCUT2D eigenvalue weighted by atomic mass is 16.5. The highest BCUT2D eigenvalue weighted by Crippen LogP contribution is 1.93. The van der Waals surface area contributed by atoms with Gasteiger partial charge in [-0.05, 0) is 6.42 Å². The Morgan fingerprint density at radius 2 is 2.14 bits per heavy atom. The molecular formula is C8H15NO5. The first kappa shape index (κ1) is 12.9. The molecule has 0 aromatic rings. The van der Waals surface area contributed by atoms with Gasteiger partial charge in [0.1, 0.15) is 6.42 Å². The summed E-state index contributed by atoms with van der Waals surface area (Å²) >= 11 is 0. The van der Waals surface area contributed by atoms with Gasteiger partial charge in [-0.15, -0.1) is 0 Å². The topological polar surface area (TPSA) is 95.9 Å². The lowest BCUT2D eigenvalue weighted by Crippen LogP contribution is -2.39. The van der Waals surface area contributed by atoms with Crippen LogP contribution in [-0.2, 0) is 14.3 Å². The number of carboxylic acid groups (broad SMARTS) is 1. The van der Waals surface area contributed by atoms with Crippen molar-refractivity contribution in [3.05, 3.63) is 0 Å². The lowest BCUT2D eigenvalue weighted by atomic mass is 10.2. The van der Waals surface area contributed by atoms with Crippen LogP contribution in [0.15, 0.2) is 0 Å². The molecule has 6 nitrogen and oxygen atoms in total. The standard InChI is InChI=1S/C8H15NO5/c1-14-5-6(2-3-10)9-7(11)4-8(12)13/h6,10H,2-5H2,1H3,(H,9,11)(H,12,13). The number of aliphatic carboxylic acids is 1. The van der Waals surface area contributed by atoms with Gasteiger partial charge in [0.05, 0.1) is 12.6 Å². The summed E-state index contributed by atoms with van der Waals surface area (Å²) in [5, 5.41) is 19.4. The normalized spacial score (nSPS) is 12.1. The number of amides is 1. The number of carbonyl (C=O) groups excluding carboxylic acids is 1. The largest absolute Gasteiger partial charge is 0.481 e. The molecule has 82 valence electrons. The quantitative estimate of drug-likeness (QED) is 0.462. The maximum Gasteiger partial charge on any atom is 0.312 e. The van der Waals surface area contributed by atoms with Crippen LogP contribution in [0.1, 0.15) is 12.8 Å². The van der Waals surface area contributed by atoms with E-state index in [9.17, 15) is 9.59 Å². The first-order valence-electron chi connectivity index (χ1n) is 4.21. The molecule has 6 heteroatoms. The third-order valence-corrected chi connectivity index (χ3v) is 1.52. The second-order valence-corrected chi connectivity index (χ2v) is 2.80. The van der Waals surface area contributed by atoms with E-state index in [0.717, 1.165) is 0 Å². The van der Waals surface area contributed by atoms with E-state index >= 15 is 0 Å². The SMILES string of the molecule is COCC(CCO)NC(=O)CC(=O)O. The zero-order chi connectivity index (χ0) is 11.0. The van der Waals surface area contributed by atoms with E-state index < -0.39 is 18.3 Å². The summed E-state index contributed by atoms with van der Waals surface area (Å²) in [6, 6.07) is -0.336. The minimum Gasteiger partial charge on any atom is -0.481 e. The van der Waals surface area contributed by atoms with E-state index in [1.54, 1.807) is 0 Å². The molecule has 0 saturated carbocycles. The number of carbonyl (C=O) groups is 2. The van der Waals surface area contributed by atoms with Crippen LogP contribution in [0, 0.1) is 0 Å². The Hall–Kier alpha value is -1.14. The van der Waals surface area contributed by atoms with Crippen molar-refractivity contribution in [1.82, 2.24) is 5.32 Å². The third-order valence-electron chi connectivity index (χ3n) is 1.52. The number of hydrogen-bond donors (Lipinski definition) is 3. The number of rotatable bonds is 7. The Bertz CT molecular complexity index is 188. The smallest absolute Gasteiger partial charge is 0.312 e. The number of nitrogens with one attached hydrogen (secondary N) is 1. The van der Waals surface area contributed by atoms with Crippen LogP contribution in [0.5, 0.6) is 0 Å². The Kier molecular flexibility index (Phi) is 6.69. The molecule has 0 heterocycles. The van der Waals surface area contributed by atoms with E-state index in [1.165, 1.54) is 7.11 Å². The molecule has 3 N–H and O–H groups in total. The van der Waals surface area contributed by atoms with Gasteiger partial charge in [0.25, 0.3) is 0 Å². The van der Waals surface area contributed by atoms with Crippen LogP contribution >= 0.6 is 0 Å². The van der Waals surface area contributed by atoms with Crippen molar-refractivity contribution in [3.63, 3.8) is 0 Å². The molecule has 1 amide bonds. The van der Waals surface area contributed by atoms with Gasteiger partial charge in [0, 0.05) is 13.7 Å². The van der Waals surface area contributed by atoms with Crippen molar-refractivity contribution in [1.29, 1.82) is 0 Å². The highest BCUT2D eigenvalue weighted by Gasteiger charge is 2.13. The number of ether oxygens (including phenoxy) is 1. The maximum absolute atomic E-state index is 11.0. The summed E-state index contributed by atoms with van der Waals surface area (Å²) in [7, 11) is 1.47. The number of methoxy groups -OCH3 is 1. The van der Waals surface area contributed by atoms with Gasteiger partial charge in [-0.2, -0.15) is 0 Å². The monoisotopic (exact) mass is 205 g/mol. The van der Waals surface area contributed by atoms with Crippen LogP contribution < -0.4 is 5.32 Å². The molecule has 0 aliphatic rings. The van der Waals surface area contributed by atoms with Crippen LogP contribution in [0.25, 0.3) is 0 Å². The van der Waals surface area contributed by atoms with Gasteiger partial charge in [-0.3, -0.25) is 9.59 Å². The molecule has 0 spiro atoms. The number of aliphatic hydroxyl groups excluding tert-OH is 1. The molecule has 0 saturated heterocycles. The fourth-order valence-corrected chi connectivity index (χ4v) is 0.970. The van der Waals surface area contributed by atoms with Gasteiger partial charge >= 0.3 is 5.97 Å². The molecule has 0 aliphatic heterocycles. The summed E-state index contributed by atoms with van der Waals surface area (Å²) in [5.74, 6) is -1.75. The van der Waals surface area contributed by atoms with E-state index in [2.05, 4.69) is 5.32 Å². The molecular weight excluding hydrogens is 190 g/mol. The Labute approximate surface area is 81.9 Å². The second kappa shape index (κ2) is 7.28. The maximum atomic E-state index is 11.0. The van der Waals surface area contributed by atoms with Crippen LogP contribution in [0.2, 0.25) is 0 Å². The summed E-state index contributed by atoms with van der Waals surface area (Å²) in [6.45, 7) is 0.174. The minimum atomic E-state index is -1.18. The lowest BCUT2D eigenvalue weighted by molar-refractivity contribution is -0.141. The van der Waals surface area contributed by atoms with Crippen molar-refractivity contribution in [2.45, 2.75) is 18.9 Å². The minimum absolute atomic E-state index is 0.0820. The Morgan fingerprint density at radius 1 is 1.50 bits per heavy atom. The summed E-state index contributed by atoms with van der Waals surface area (Å²) in [5.41, 5.74) is 0. The first-order chi connectivity index (χ1) is 6.60. The van der Waals surface area contributed by atoms with Crippen molar-refractivity contribution in [2.75, 3.05) is 20.3 Å². The molecule has 0 radical (unpaired) electrons. The predicted octanol–water partition coefficient (Wildman–Crippen LogP) is -1.03. The Balaban J connectivity index is 3.88. The number of hydrogen-bond acceptors (Lipinski definition) is 4. The average molecular weight is 205 g/mol. The van der Waals surface area contributed by atoms with Gasteiger partial charge in [-0.1, -0.05) is 0 Å². The van der Waals surface area contributed by atoms with E-state index in [-0.39, 0.29) is 19.3 Å². The molecule has 0 aromatic heterocycles. The molecule has 14 heavy (non-hydrogen) atoms. The summed E-state index contributed by atoms with van der Waals surface area (Å²) in [4.78, 5) is 21.1. The molecule has 0 aromatic carbocycles. The van der Waals surface area contributed by atoms with E-state index in [0.29, 0.717) is 6.42 Å². The molecule has 0 rings (SSSR count). The number of aliphatic hydroxyl groups is 1. The van der Waals surface area contributed by atoms with Gasteiger partial charge in [-0.25, -0.2) is 0 Å². The number of carboxylic acids is 1. The van der Waals surface area contributed by atoms with Crippen LogP contribution in [-0.4, -0.2) is 48.5 Å². The fourth-order valence-electron chi connectivity index (χ4n) is 0.970. The molecule has 0 bridgehead atoms. The van der Waals surface area contributed by atoms with Crippen molar-refractivity contribution < 1.29 is 24.5 Å². The zero-order valence-electron chi connectivity index (χ0n) is 8.02. The predicted molar refractivity (Wildman–Crippen MR) is 47.8 cm³/mol. The lowest BCUT2D eigenvalue weighted by Gasteiger charge is -2.15. The third kappa shape index (κ3) is 6.38. The average Bonchev–Trinajstić information content (AvgIpc) is 2.03. The van der Waals surface area contributed by atoms with Gasteiger partial charge in [0.15, 0.2) is 0 Å². The van der Waals surface area contributed by atoms with Crippen LogP contribution in [0.3, 0.4) is 0 Å². The van der Waals surface area contributed by atoms with Crippen molar-refractivity contribution in [2.24, 2.45) is 0 Å². The zero-order valence-corrected chi connectivity index (χ0v) is 8.02. The van der Waals surface area contributed by atoms with Crippen molar-refractivity contribution >= 4 is 11.9 Å². The summed E-state index contributed by atoms with van der Waals surface area (Å²) in [6.07, 6.45) is -0.217. The highest BCUT2D eigenvalue weighted by molar-refractivity contribution is 5.93. The van der Waals surface area contributed by atoms with Crippen molar-refractivity contribution in [3.8, 4) is 0 Å². The van der Waals surface area contributed by atoms with Gasteiger partial charge in [0.2, 0.25) is 5.91 Å². The van der Waals surface area contributed by atoms with Crippen LogP contribution in [0.4, 0.5) is 0 Å². The van der Waals surface area contributed by atoms with E-state index in [4.69, 9.17) is 14.9 Å².